The second-order valence-electron chi connectivity index (χ2n) is 6.54. The third kappa shape index (κ3) is 4.97. The number of para-hydroxylation sites is 1. The number of carbonyl (C=O) groups is 1. The van der Waals surface area contributed by atoms with Crippen LogP contribution in [0.2, 0.25) is 0 Å². The zero-order valence-corrected chi connectivity index (χ0v) is 18.3. The third-order valence-electron chi connectivity index (χ3n) is 4.27. The van der Waals surface area contributed by atoms with E-state index in [0.717, 1.165) is 23.5 Å². The predicted molar refractivity (Wildman–Crippen MR) is 120 cm³/mol. The molecule has 4 aromatic rings. The number of anilines is 1. The van der Waals surface area contributed by atoms with Crippen molar-refractivity contribution in [1.82, 2.24) is 25.0 Å². The normalized spacial score (nSPS) is 10.9. The molecule has 0 atom stereocenters. The standard InChI is InChI=1S/C21H19FN6OS2/c1-2-8-18-24-26-20(31-18)23-17(29)13-30-21-27-25-19(15-11-6-7-12-16(15)22)28(21)14-9-4-3-5-10-14/h3-7,9-12H,2,8,13H2,1H3,(H,23,26,29). The van der Waals surface area contributed by atoms with E-state index >= 15 is 0 Å². The summed E-state index contributed by atoms with van der Waals surface area (Å²) in [6.45, 7) is 2.06. The predicted octanol–water partition coefficient (Wildman–Crippen LogP) is 4.61. The number of aromatic nitrogens is 5. The lowest BCUT2D eigenvalue weighted by atomic mass is 10.2. The minimum Gasteiger partial charge on any atom is -0.300 e. The minimum absolute atomic E-state index is 0.102. The maximum Gasteiger partial charge on any atom is 0.236 e. The Hall–Kier alpha value is -3.11. The lowest BCUT2D eigenvalue weighted by molar-refractivity contribution is -0.113. The summed E-state index contributed by atoms with van der Waals surface area (Å²) in [5.41, 5.74) is 1.12. The molecule has 2 aromatic carbocycles. The Morgan fingerprint density at radius 3 is 2.61 bits per heavy atom. The van der Waals surface area contributed by atoms with E-state index in [0.29, 0.717) is 21.7 Å². The fourth-order valence-corrected chi connectivity index (χ4v) is 4.50. The molecule has 0 aliphatic rings. The number of benzene rings is 2. The second kappa shape index (κ2) is 9.80. The van der Waals surface area contributed by atoms with Gasteiger partial charge in [-0.3, -0.25) is 14.7 Å². The highest BCUT2D eigenvalue weighted by Crippen LogP contribution is 2.29. The Kier molecular flexibility index (Phi) is 6.68. The van der Waals surface area contributed by atoms with Crippen LogP contribution in [0.1, 0.15) is 18.4 Å². The van der Waals surface area contributed by atoms with Gasteiger partial charge in [0.25, 0.3) is 0 Å². The Morgan fingerprint density at radius 2 is 1.84 bits per heavy atom. The fraction of sp³-hybridized carbons (Fsp3) is 0.190. The van der Waals surface area contributed by atoms with Crippen LogP contribution in [-0.4, -0.2) is 36.6 Å². The van der Waals surface area contributed by atoms with Gasteiger partial charge in [0, 0.05) is 12.1 Å². The molecule has 0 spiro atoms. The average molecular weight is 455 g/mol. The molecule has 0 aliphatic carbocycles. The summed E-state index contributed by atoms with van der Waals surface area (Å²) in [5, 5.41) is 21.1. The summed E-state index contributed by atoms with van der Waals surface area (Å²) < 4.78 is 16.2. The highest BCUT2D eigenvalue weighted by molar-refractivity contribution is 7.99. The maximum atomic E-state index is 14.4. The Bertz CT molecular complexity index is 1180. The number of hydrogen-bond donors (Lipinski definition) is 1. The largest absolute Gasteiger partial charge is 0.300 e. The number of nitrogens with one attached hydrogen (secondary N) is 1. The fourth-order valence-electron chi connectivity index (χ4n) is 2.89. The van der Waals surface area contributed by atoms with Gasteiger partial charge in [-0.2, -0.15) is 0 Å². The highest BCUT2D eigenvalue weighted by atomic mass is 32.2. The number of halogens is 1. The van der Waals surface area contributed by atoms with E-state index in [9.17, 15) is 9.18 Å². The summed E-state index contributed by atoms with van der Waals surface area (Å²) in [4.78, 5) is 12.4. The zero-order valence-electron chi connectivity index (χ0n) is 16.7. The third-order valence-corrected chi connectivity index (χ3v) is 6.10. The molecule has 1 N–H and O–H groups in total. The van der Waals surface area contributed by atoms with Crippen LogP contribution in [-0.2, 0) is 11.2 Å². The summed E-state index contributed by atoms with van der Waals surface area (Å²) in [5.74, 6) is -0.134. The van der Waals surface area contributed by atoms with Crippen molar-refractivity contribution in [2.45, 2.75) is 24.9 Å². The molecule has 2 aromatic heterocycles. The summed E-state index contributed by atoms with van der Waals surface area (Å²) in [7, 11) is 0. The smallest absolute Gasteiger partial charge is 0.236 e. The number of amides is 1. The lowest BCUT2D eigenvalue weighted by Gasteiger charge is -2.10. The molecule has 4 rings (SSSR count). The Labute approximate surface area is 186 Å². The first kappa shape index (κ1) is 21.1. The molecule has 2 heterocycles. The highest BCUT2D eigenvalue weighted by Gasteiger charge is 2.19. The van der Waals surface area contributed by atoms with Crippen LogP contribution in [0, 0.1) is 5.82 Å². The molecule has 0 saturated heterocycles. The van der Waals surface area contributed by atoms with E-state index in [-0.39, 0.29) is 17.5 Å². The second-order valence-corrected chi connectivity index (χ2v) is 8.55. The molecular formula is C21H19FN6OS2. The quantitative estimate of drug-likeness (QED) is 0.392. The summed E-state index contributed by atoms with van der Waals surface area (Å²) in [6, 6.07) is 15.8. The molecule has 0 saturated carbocycles. The molecule has 31 heavy (non-hydrogen) atoms. The summed E-state index contributed by atoms with van der Waals surface area (Å²) in [6.07, 6.45) is 1.80. The SMILES string of the molecule is CCCc1nnc(NC(=O)CSc2nnc(-c3ccccc3F)n2-c2ccccc2)s1. The van der Waals surface area contributed by atoms with Crippen molar-refractivity contribution in [2.24, 2.45) is 0 Å². The first-order valence-corrected chi connectivity index (χ1v) is 11.5. The van der Waals surface area contributed by atoms with E-state index in [1.54, 1.807) is 22.8 Å². The molecule has 10 heteroatoms. The maximum absolute atomic E-state index is 14.4. The monoisotopic (exact) mass is 454 g/mol. The molecule has 1 amide bonds. The average Bonchev–Trinajstić information content (AvgIpc) is 3.40. The van der Waals surface area contributed by atoms with Gasteiger partial charge >= 0.3 is 0 Å². The van der Waals surface area contributed by atoms with Crippen molar-refractivity contribution in [2.75, 3.05) is 11.1 Å². The van der Waals surface area contributed by atoms with Crippen molar-refractivity contribution in [1.29, 1.82) is 0 Å². The van der Waals surface area contributed by atoms with Crippen molar-refractivity contribution in [3.05, 3.63) is 65.4 Å². The van der Waals surface area contributed by atoms with Gasteiger partial charge in [-0.1, -0.05) is 60.4 Å². The van der Waals surface area contributed by atoms with Gasteiger partial charge in [-0.05, 0) is 30.7 Å². The van der Waals surface area contributed by atoms with Crippen LogP contribution in [0.25, 0.3) is 17.1 Å². The van der Waals surface area contributed by atoms with Crippen molar-refractivity contribution in [3.63, 3.8) is 0 Å². The van der Waals surface area contributed by atoms with Crippen LogP contribution < -0.4 is 5.32 Å². The van der Waals surface area contributed by atoms with Gasteiger partial charge in [-0.25, -0.2) is 4.39 Å². The van der Waals surface area contributed by atoms with Gasteiger partial charge in [0.1, 0.15) is 10.8 Å². The zero-order chi connectivity index (χ0) is 21.6. The van der Waals surface area contributed by atoms with E-state index in [4.69, 9.17) is 0 Å². The molecular weight excluding hydrogens is 435 g/mol. The van der Waals surface area contributed by atoms with Crippen molar-refractivity contribution >= 4 is 34.1 Å². The van der Waals surface area contributed by atoms with Gasteiger partial charge in [0.05, 0.1) is 11.3 Å². The van der Waals surface area contributed by atoms with Crippen LogP contribution in [0.4, 0.5) is 9.52 Å². The van der Waals surface area contributed by atoms with Gasteiger partial charge < -0.3 is 0 Å². The first-order chi connectivity index (χ1) is 15.2. The Morgan fingerprint density at radius 1 is 1.06 bits per heavy atom. The van der Waals surface area contributed by atoms with Gasteiger partial charge in [0.15, 0.2) is 11.0 Å². The van der Waals surface area contributed by atoms with Crippen LogP contribution in [0.15, 0.2) is 59.8 Å². The first-order valence-electron chi connectivity index (χ1n) is 9.66. The van der Waals surface area contributed by atoms with E-state index in [2.05, 4.69) is 32.6 Å². The number of nitrogens with zero attached hydrogens (tertiary/aromatic N) is 5. The van der Waals surface area contributed by atoms with Gasteiger partial charge in [-0.15, -0.1) is 20.4 Å². The van der Waals surface area contributed by atoms with Gasteiger partial charge in [0.2, 0.25) is 11.0 Å². The van der Waals surface area contributed by atoms with Crippen molar-refractivity contribution in [3.8, 4) is 17.1 Å². The molecule has 0 radical (unpaired) electrons. The molecule has 0 fully saturated rings. The van der Waals surface area contributed by atoms with Crippen LogP contribution in [0.5, 0.6) is 0 Å². The number of thioether (sulfide) groups is 1. The van der Waals surface area contributed by atoms with Crippen molar-refractivity contribution < 1.29 is 9.18 Å². The lowest BCUT2D eigenvalue weighted by Crippen LogP contribution is -2.14. The molecule has 158 valence electrons. The van der Waals surface area contributed by atoms with Crippen LogP contribution >= 0.6 is 23.1 Å². The number of hydrogen-bond acceptors (Lipinski definition) is 7. The number of aryl methyl sites for hydroxylation is 1. The Balaban J connectivity index is 1.55. The topological polar surface area (TPSA) is 85.6 Å². The van der Waals surface area contributed by atoms with E-state index in [1.807, 2.05) is 30.3 Å². The molecule has 0 unspecified atom stereocenters. The van der Waals surface area contributed by atoms with Crippen LogP contribution in [0.3, 0.4) is 0 Å². The number of rotatable bonds is 8. The minimum atomic E-state index is -0.388. The van der Waals surface area contributed by atoms with E-state index in [1.165, 1.54) is 29.2 Å². The number of carbonyl (C=O) groups excluding carboxylic acids is 1. The summed E-state index contributed by atoms with van der Waals surface area (Å²) >= 11 is 2.59. The molecule has 0 aliphatic heterocycles. The molecule has 0 bridgehead atoms. The van der Waals surface area contributed by atoms with E-state index < -0.39 is 0 Å². The molecule has 7 nitrogen and oxygen atoms in total.